The number of aliphatic imine (C=N–C) groups is 1. The highest BCUT2D eigenvalue weighted by Gasteiger charge is 2.31. The molecule has 0 fully saturated rings. The summed E-state index contributed by atoms with van der Waals surface area (Å²) in [6.07, 6.45) is -0.512. The molecule has 1 aliphatic heterocycles. The van der Waals surface area contributed by atoms with Gasteiger partial charge in [-0.15, -0.1) is 11.3 Å². The topological polar surface area (TPSA) is 115 Å². The number of nitrogens with zero attached hydrogens (tertiary/aromatic N) is 3. The van der Waals surface area contributed by atoms with E-state index in [4.69, 9.17) is 32.7 Å². The summed E-state index contributed by atoms with van der Waals surface area (Å²) in [4.78, 5) is 39.3. The van der Waals surface area contributed by atoms with Crippen molar-refractivity contribution >= 4 is 57.8 Å². The van der Waals surface area contributed by atoms with Gasteiger partial charge in [0.2, 0.25) is 12.0 Å². The van der Waals surface area contributed by atoms with Gasteiger partial charge in [0.05, 0.1) is 46.0 Å². The van der Waals surface area contributed by atoms with Crippen molar-refractivity contribution in [3.63, 3.8) is 0 Å². The van der Waals surface area contributed by atoms with Crippen molar-refractivity contribution < 1.29 is 23.5 Å². The van der Waals surface area contributed by atoms with E-state index in [1.807, 2.05) is 0 Å². The van der Waals surface area contributed by atoms with Crippen LogP contribution in [-0.4, -0.2) is 40.3 Å². The molecule has 0 aliphatic carbocycles. The van der Waals surface area contributed by atoms with Crippen LogP contribution in [0, 0.1) is 5.82 Å². The molecule has 1 unspecified atom stereocenters. The number of anilines is 1. The lowest BCUT2D eigenvalue weighted by Gasteiger charge is -2.17. The second-order valence-corrected chi connectivity index (χ2v) is 9.92. The van der Waals surface area contributed by atoms with Gasteiger partial charge in [-0.2, -0.15) is 0 Å². The van der Waals surface area contributed by atoms with Crippen LogP contribution in [0.4, 0.5) is 10.1 Å². The van der Waals surface area contributed by atoms with Crippen molar-refractivity contribution in [3.05, 3.63) is 97.8 Å². The Morgan fingerprint density at radius 1 is 1.18 bits per heavy atom. The molecule has 2 aromatic carbocycles. The van der Waals surface area contributed by atoms with Gasteiger partial charge in [0.25, 0.3) is 11.8 Å². The average Bonchev–Trinajstić information content (AvgIpc) is 3.40. The minimum atomic E-state index is -1.44. The summed E-state index contributed by atoms with van der Waals surface area (Å²) in [6.45, 7) is 2.13. The third-order valence-electron chi connectivity index (χ3n) is 5.67. The summed E-state index contributed by atoms with van der Waals surface area (Å²) in [5.74, 6) is -2.01. The summed E-state index contributed by atoms with van der Waals surface area (Å²) in [5, 5.41) is 7.68. The van der Waals surface area contributed by atoms with Gasteiger partial charge in [-0.05, 0) is 31.2 Å². The molecule has 4 aromatic rings. The molecule has 13 heteroatoms. The van der Waals surface area contributed by atoms with Crippen molar-refractivity contribution in [1.29, 1.82) is 0 Å². The van der Waals surface area contributed by atoms with Crippen LogP contribution < -0.4 is 20.1 Å². The maximum absolute atomic E-state index is 14.1. The molecule has 3 heterocycles. The van der Waals surface area contributed by atoms with Crippen molar-refractivity contribution in [2.24, 2.45) is 4.99 Å². The third-order valence-corrected chi connectivity index (χ3v) is 6.82. The van der Waals surface area contributed by atoms with Crippen molar-refractivity contribution in [2.75, 3.05) is 11.9 Å². The fourth-order valence-corrected chi connectivity index (χ4v) is 5.07. The number of ether oxygens (including phenoxy) is 2. The van der Waals surface area contributed by atoms with Gasteiger partial charge < -0.3 is 20.1 Å². The number of hydrogen-bond acceptors (Lipinski definition) is 8. The standard InChI is InChI=1S/C27H20Cl2FN5O4S/c1-2-38-21-8-14(28)7-19(29)22(21)23-17-5-3-4-6-20(17)33-26(37)24(34-23)35-25(36)18-9-15(30)10-31-27(18)39-11-16-12-40-13-32-16/h3-10,12-13,24H,2,11H2,1H3,(H,33,37)(H,35,36). The average molecular weight is 600 g/mol. The first-order valence-electron chi connectivity index (χ1n) is 11.9. The smallest absolute Gasteiger partial charge is 0.269 e. The predicted molar refractivity (Wildman–Crippen MR) is 150 cm³/mol. The van der Waals surface area contributed by atoms with Gasteiger partial charge >= 0.3 is 0 Å². The first-order valence-corrected chi connectivity index (χ1v) is 13.6. The van der Waals surface area contributed by atoms with Crippen LogP contribution in [0.1, 0.15) is 34.1 Å². The van der Waals surface area contributed by atoms with Crippen LogP contribution in [0.2, 0.25) is 10.0 Å². The molecule has 204 valence electrons. The Hall–Kier alpha value is -4.06. The molecule has 1 aliphatic rings. The predicted octanol–water partition coefficient (Wildman–Crippen LogP) is 5.51. The molecule has 0 saturated carbocycles. The molecule has 5 rings (SSSR count). The number of hydrogen-bond donors (Lipinski definition) is 2. The highest BCUT2D eigenvalue weighted by Crippen LogP contribution is 2.36. The lowest BCUT2D eigenvalue weighted by Crippen LogP contribution is -2.42. The van der Waals surface area contributed by atoms with E-state index in [-0.39, 0.29) is 28.8 Å². The minimum Gasteiger partial charge on any atom is -0.493 e. The molecule has 0 bridgehead atoms. The Morgan fingerprint density at radius 2 is 2.00 bits per heavy atom. The Bertz CT molecular complexity index is 1620. The van der Waals surface area contributed by atoms with Crippen LogP contribution in [-0.2, 0) is 11.4 Å². The van der Waals surface area contributed by atoms with Gasteiger partial charge in [-0.1, -0.05) is 41.4 Å². The number of nitrogens with one attached hydrogen (secondary N) is 2. The number of rotatable bonds is 8. The second-order valence-electron chi connectivity index (χ2n) is 8.36. The minimum absolute atomic E-state index is 0.0131. The third kappa shape index (κ3) is 5.91. The van der Waals surface area contributed by atoms with Gasteiger partial charge in [-0.25, -0.2) is 19.4 Å². The Morgan fingerprint density at radius 3 is 2.77 bits per heavy atom. The van der Waals surface area contributed by atoms with Gasteiger partial charge in [0.1, 0.15) is 23.7 Å². The molecule has 40 heavy (non-hydrogen) atoms. The van der Waals surface area contributed by atoms with Crippen molar-refractivity contribution in [2.45, 2.75) is 19.7 Å². The molecule has 0 saturated heterocycles. The number of carbonyl (C=O) groups is 2. The zero-order valence-corrected chi connectivity index (χ0v) is 23.1. The molecule has 2 N–H and O–H groups in total. The number of halogens is 3. The SMILES string of the molecule is CCOc1cc(Cl)cc(Cl)c1C1=NC(NC(=O)c2cc(F)cnc2OCc2cscn2)C(=O)Nc2ccccc21. The number of thiazole rings is 1. The number of fused-ring (bicyclic) bond motifs is 1. The summed E-state index contributed by atoms with van der Waals surface area (Å²) >= 11 is 14.2. The summed E-state index contributed by atoms with van der Waals surface area (Å²) in [5.41, 5.74) is 3.67. The zero-order valence-electron chi connectivity index (χ0n) is 20.8. The lowest BCUT2D eigenvalue weighted by atomic mass is 9.99. The van der Waals surface area contributed by atoms with E-state index in [1.165, 1.54) is 17.4 Å². The van der Waals surface area contributed by atoms with Crippen LogP contribution in [0.15, 0.2) is 64.5 Å². The van der Waals surface area contributed by atoms with Gasteiger partial charge in [0, 0.05) is 16.0 Å². The molecule has 9 nitrogen and oxygen atoms in total. The quantitative estimate of drug-likeness (QED) is 0.276. The summed E-state index contributed by atoms with van der Waals surface area (Å²) in [7, 11) is 0. The van der Waals surface area contributed by atoms with E-state index < -0.39 is 23.8 Å². The maximum Gasteiger partial charge on any atom is 0.269 e. The molecule has 0 radical (unpaired) electrons. The van der Waals surface area contributed by atoms with E-state index in [0.29, 0.717) is 39.9 Å². The Kier molecular flexibility index (Phi) is 8.24. The number of amides is 2. The molecule has 1 atom stereocenters. The van der Waals surface area contributed by atoms with E-state index in [0.717, 1.165) is 12.3 Å². The fraction of sp³-hybridized carbons (Fsp3) is 0.148. The zero-order chi connectivity index (χ0) is 28.2. The van der Waals surface area contributed by atoms with E-state index in [9.17, 15) is 14.0 Å². The number of carbonyl (C=O) groups excluding carboxylic acids is 2. The molecular weight excluding hydrogens is 580 g/mol. The van der Waals surface area contributed by atoms with E-state index in [2.05, 4.69) is 25.6 Å². The van der Waals surface area contributed by atoms with Crippen LogP contribution in [0.25, 0.3) is 0 Å². The number of benzene rings is 2. The number of benzodiazepines with no additional fused rings is 1. The molecule has 2 aromatic heterocycles. The van der Waals surface area contributed by atoms with Gasteiger partial charge in [-0.3, -0.25) is 9.59 Å². The molecule has 2 amide bonds. The first kappa shape index (κ1) is 27.5. The van der Waals surface area contributed by atoms with Gasteiger partial charge in [0.15, 0.2) is 0 Å². The number of pyridine rings is 1. The van der Waals surface area contributed by atoms with E-state index in [1.54, 1.807) is 48.1 Å². The number of para-hydroxylation sites is 1. The lowest BCUT2D eigenvalue weighted by molar-refractivity contribution is -0.117. The molecule has 0 spiro atoms. The second kappa shape index (κ2) is 12.0. The normalized spacial score (nSPS) is 14.4. The first-order chi connectivity index (χ1) is 19.3. The highest BCUT2D eigenvalue weighted by molar-refractivity contribution is 7.07. The number of aromatic nitrogens is 2. The largest absolute Gasteiger partial charge is 0.493 e. The monoisotopic (exact) mass is 599 g/mol. The summed E-state index contributed by atoms with van der Waals surface area (Å²) < 4.78 is 25.6. The highest BCUT2D eigenvalue weighted by atomic mass is 35.5. The fourth-order valence-electron chi connectivity index (χ4n) is 3.96. The van der Waals surface area contributed by atoms with E-state index >= 15 is 0 Å². The van der Waals surface area contributed by atoms with Crippen LogP contribution >= 0.6 is 34.5 Å². The van der Waals surface area contributed by atoms with Crippen LogP contribution in [0.5, 0.6) is 11.6 Å². The summed E-state index contributed by atoms with van der Waals surface area (Å²) in [6, 6.07) is 11.1. The van der Waals surface area contributed by atoms with Crippen molar-refractivity contribution in [3.8, 4) is 11.6 Å². The Balaban J connectivity index is 1.54. The van der Waals surface area contributed by atoms with Crippen LogP contribution in [0.3, 0.4) is 0 Å². The molecular formula is C27H20Cl2FN5O4S. The maximum atomic E-state index is 14.1. The Labute approximate surface area is 242 Å². The van der Waals surface area contributed by atoms with Crippen molar-refractivity contribution in [1.82, 2.24) is 15.3 Å².